The number of rotatable bonds is 2. The quantitative estimate of drug-likeness (QED) is 0.534. The molecule has 0 amide bonds. The van der Waals surface area contributed by atoms with E-state index in [-0.39, 0.29) is 10.3 Å². The molecule has 0 bridgehead atoms. The molecule has 0 radical (unpaired) electrons. The number of halogens is 1. The van der Waals surface area contributed by atoms with Gasteiger partial charge in [0.05, 0.1) is 11.0 Å². The molecule has 0 aliphatic carbocycles. The summed E-state index contributed by atoms with van der Waals surface area (Å²) in [6.45, 7) is 1.82. The van der Waals surface area contributed by atoms with Crippen LogP contribution < -0.4 is 0 Å². The Hall–Kier alpha value is -1.99. The molecule has 0 spiro atoms. The van der Waals surface area contributed by atoms with E-state index in [4.69, 9.17) is 11.6 Å². The van der Waals surface area contributed by atoms with Crippen molar-refractivity contribution >= 4 is 32.5 Å². The molecule has 0 saturated carbocycles. The molecule has 0 fully saturated rings. The van der Waals surface area contributed by atoms with Gasteiger partial charge in [0.25, 0.3) is 0 Å². The Balaban J connectivity index is 2.33. The molecule has 108 valence electrons. The van der Waals surface area contributed by atoms with Gasteiger partial charge in [-0.15, -0.1) is 0 Å². The van der Waals surface area contributed by atoms with Crippen LogP contribution in [0.1, 0.15) is 5.82 Å². The van der Waals surface area contributed by atoms with E-state index in [1.807, 2.05) is 31.2 Å². The zero-order valence-corrected chi connectivity index (χ0v) is 12.9. The van der Waals surface area contributed by atoms with Crippen LogP contribution in [0.2, 0.25) is 5.15 Å². The Kier molecular flexibility index (Phi) is 3.18. The summed E-state index contributed by atoms with van der Waals surface area (Å²) in [5.41, 5.74) is 1.62. The first-order chi connectivity index (χ1) is 9.86. The summed E-state index contributed by atoms with van der Waals surface area (Å²) in [7, 11) is -3.55. The van der Waals surface area contributed by atoms with Crippen LogP contribution >= 0.6 is 11.6 Å². The molecule has 0 aliphatic heterocycles. The summed E-state index contributed by atoms with van der Waals surface area (Å²) in [5.74, 6) is 1.06. The van der Waals surface area contributed by atoms with Crippen LogP contribution in [0.3, 0.4) is 0 Å². The molecular weight excluding hydrogens is 312 g/mol. The summed E-state index contributed by atoms with van der Waals surface area (Å²) in [4.78, 5) is 12.3. The van der Waals surface area contributed by atoms with Crippen molar-refractivity contribution in [2.45, 2.75) is 12.1 Å². The third-order valence-corrected chi connectivity index (χ3v) is 3.99. The molecule has 0 atom stereocenters. The summed E-state index contributed by atoms with van der Waals surface area (Å²) >= 11 is 5.93. The fourth-order valence-corrected chi connectivity index (χ4v) is 2.85. The normalized spacial score (nSPS) is 12.0. The van der Waals surface area contributed by atoms with Gasteiger partial charge in [0.1, 0.15) is 16.8 Å². The Bertz CT molecular complexity index is 950. The van der Waals surface area contributed by atoms with Gasteiger partial charge in [-0.2, -0.15) is 0 Å². The molecule has 21 heavy (non-hydrogen) atoms. The van der Waals surface area contributed by atoms with Crippen molar-refractivity contribution in [1.82, 2.24) is 19.5 Å². The topological polar surface area (TPSA) is 77.7 Å². The maximum absolute atomic E-state index is 11.6. The predicted molar refractivity (Wildman–Crippen MR) is 79.5 cm³/mol. The Morgan fingerprint density at radius 3 is 2.57 bits per heavy atom. The number of aromatic nitrogens is 4. The molecule has 8 heteroatoms. The summed E-state index contributed by atoms with van der Waals surface area (Å²) < 4.78 is 25.0. The first kappa shape index (κ1) is 14.0. The van der Waals surface area contributed by atoms with Crippen molar-refractivity contribution in [3.8, 4) is 5.82 Å². The van der Waals surface area contributed by atoms with Gasteiger partial charge in [-0.3, -0.25) is 4.57 Å². The monoisotopic (exact) mass is 322 g/mol. The third-order valence-electron chi connectivity index (χ3n) is 2.95. The zero-order valence-electron chi connectivity index (χ0n) is 11.3. The van der Waals surface area contributed by atoms with Crippen molar-refractivity contribution < 1.29 is 8.42 Å². The highest BCUT2D eigenvalue weighted by Gasteiger charge is 2.17. The van der Waals surface area contributed by atoms with E-state index in [2.05, 4.69) is 15.0 Å². The van der Waals surface area contributed by atoms with Crippen LogP contribution in [-0.4, -0.2) is 34.2 Å². The number of hydrogen-bond donors (Lipinski definition) is 0. The van der Waals surface area contributed by atoms with Gasteiger partial charge in [-0.05, 0) is 19.1 Å². The van der Waals surface area contributed by atoms with Crippen LogP contribution in [0, 0.1) is 6.92 Å². The van der Waals surface area contributed by atoms with Crippen molar-refractivity contribution in [2.24, 2.45) is 0 Å². The van der Waals surface area contributed by atoms with Crippen LogP contribution in [0.15, 0.2) is 35.5 Å². The number of hydrogen-bond acceptors (Lipinski definition) is 5. The predicted octanol–water partition coefficient (Wildman–Crippen LogP) is 2.18. The minimum Gasteiger partial charge on any atom is -0.280 e. The highest BCUT2D eigenvalue weighted by molar-refractivity contribution is 7.90. The number of benzene rings is 1. The average Bonchev–Trinajstić information content (AvgIpc) is 2.72. The maximum atomic E-state index is 11.6. The molecule has 2 aromatic heterocycles. The molecule has 0 N–H and O–H groups in total. The van der Waals surface area contributed by atoms with Gasteiger partial charge in [0.2, 0.25) is 15.0 Å². The molecular formula is C13H11ClN4O2S. The molecule has 0 saturated heterocycles. The fourth-order valence-electron chi connectivity index (χ4n) is 2.10. The number of nitrogens with zero attached hydrogens (tertiary/aromatic N) is 4. The zero-order chi connectivity index (χ0) is 15.2. The molecule has 2 heterocycles. The SMILES string of the molecule is Cc1nc2ccccc2n1-c1cc(Cl)nc(S(C)(=O)=O)n1. The van der Waals surface area contributed by atoms with Crippen LogP contribution in [0.4, 0.5) is 0 Å². The molecule has 3 rings (SSSR count). The summed E-state index contributed by atoms with van der Waals surface area (Å²) in [5, 5.41) is -0.236. The largest absolute Gasteiger partial charge is 0.280 e. The molecule has 0 aliphatic rings. The number of fused-ring (bicyclic) bond motifs is 1. The third kappa shape index (κ3) is 2.50. The minimum atomic E-state index is -3.55. The summed E-state index contributed by atoms with van der Waals surface area (Å²) in [6, 6.07) is 9.02. The van der Waals surface area contributed by atoms with Crippen LogP contribution in [0.25, 0.3) is 16.9 Å². The van der Waals surface area contributed by atoms with Gasteiger partial charge in [0.15, 0.2) is 0 Å². The highest BCUT2D eigenvalue weighted by atomic mass is 35.5. The van der Waals surface area contributed by atoms with Gasteiger partial charge in [-0.25, -0.2) is 23.4 Å². The minimum absolute atomic E-state index is 0.0672. The Morgan fingerprint density at radius 1 is 1.14 bits per heavy atom. The van der Waals surface area contributed by atoms with Gasteiger partial charge >= 0.3 is 0 Å². The van der Waals surface area contributed by atoms with E-state index in [0.29, 0.717) is 11.6 Å². The standard InChI is InChI=1S/C13H11ClN4O2S/c1-8-15-9-5-3-4-6-10(9)18(8)12-7-11(14)16-13(17-12)21(2,19)20/h3-7H,1-2H3. The first-order valence-corrected chi connectivity index (χ1v) is 8.32. The lowest BCUT2D eigenvalue weighted by Gasteiger charge is -2.07. The van der Waals surface area contributed by atoms with Gasteiger partial charge in [-0.1, -0.05) is 23.7 Å². The lowest BCUT2D eigenvalue weighted by atomic mass is 10.3. The van der Waals surface area contributed by atoms with Gasteiger partial charge < -0.3 is 0 Å². The number of aryl methyl sites for hydroxylation is 1. The fraction of sp³-hybridized carbons (Fsp3) is 0.154. The van der Waals surface area contributed by atoms with Crippen molar-refractivity contribution in [1.29, 1.82) is 0 Å². The van der Waals surface area contributed by atoms with Gasteiger partial charge in [0, 0.05) is 12.3 Å². The van der Waals surface area contributed by atoms with E-state index < -0.39 is 9.84 Å². The van der Waals surface area contributed by atoms with Crippen molar-refractivity contribution in [3.05, 3.63) is 41.3 Å². The number of sulfone groups is 1. The molecule has 0 unspecified atom stereocenters. The second-order valence-corrected chi connectivity index (χ2v) is 6.88. The Labute approximate surface area is 126 Å². The van der Waals surface area contributed by atoms with Crippen molar-refractivity contribution in [3.63, 3.8) is 0 Å². The van der Waals surface area contributed by atoms with E-state index in [0.717, 1.165) is 17.3 Å². The molecule has 1 aromatic carbocycles. The van der Waals surface area contributed by atoms with E-state index >= 15 is 0 Å². The number of para-hydroxylation sites is 2. The highest BCUT2D eigenvalue weighted by Crippen LogP contribution is 2.22. The average molecular weight is 323 g/mol. The van der Waals surface area contributed by atoms with Crippen LogP contribution in [-0.2, 0) is 9.84 Å². The number of imidazole rings is 1. The molecule has 6 nitrogen and oxygen atoms in total. The van der Waals surface area contributed by atoms with E-state index in [1.165, 1.54) is 6.07 Å². The van der Waals surface area contributed by atoms with E-state index in [9.17, 15) is 8.42 Å². The second kappa shape index (κ2) is 4.78. The summed E-state index contributed by atoms with van der Waals surface area (Å²) in [6.07, 6.45) is 1.04. The maximum Gasteiger partial charge on any atom is 0.250 e. The lowest BCUT2D eigenvalue weighted by Crippen LogP contribution is -2.09. The molecule has 3 aromatic rings. The Morgan fingerprint density at radius 2 is 1.86 bits per heavy atom. The lowest BCUT2D eigenvalue weighted by molar-refractivity contribution is 0.592. The smallest absolute Gasteiger partial charge is 0.250 e. The van der Waals surface area contributed by atoms with Crippen molar-refractivity contribution in [2.75, 3.05) is 6.26 Å². The second-order valence-electron chi connectivity index (χ2n) is 4.59. The van der Waals surface area contributed by atoms with E-state index in [1.54, 1.807) is 4.57 Å². The van der Waals surface area contributed by atoms with Crippen LogP contribution in [0.5, 0.6) is 0 Å². The first-order valence-electron chi connectivity index (χ1n) is 6.05.